The quantitative estimate of drug-likeness (QED) is 0.822. The molecule has 0 bridgehead atoms. The fourth-order valence-electron chi connectivity index (χ4n) is 2.20. The van der Waals surface area contributed by atoms with Crippen LogP contribution in [0.4, 0.5) is 0 Å². The summed E-state index contributed by atoms with van der Waals surface area (Å²) in [6.07, 6.45) is 0.990. The molecule has 1 N–H and O–H groups in total. The van der Waals surface area contributed by atoms with Crippen molar-refractivity contribution in [3.8, 4) is 0 Å². The Kier molecular flexibility index (Phi) is 3.55. The Hall–Kier alpha value is -0.830. The monoisotopic (exact) mass is 209 g/mol. The molecule has 1 aromatic rings. The summed E-state index contributed by atoms with van der Waals surface area (Å²) in [7, 11) is 4.09. The molecule has 0 saturated carbocycles. The van der Waals surface area contributed by atoms with Gasteiger partial charge in [-0.25, -0.2) is 4.98 Å². The lowest BCUT2D eigenvalue weighted by Crippen LogP contribution is -2.19. The highest BCUT2D eigenvalue weighted by Crippen LogP contribution is 2.25. The Morgan fingerprint density at radius 2 is 1.93 bits per heavy atom. The molecule has 0 spiro atoms. The number of imidazole rings is 1. The molecule has 1 heterocycles. The van der Waals surface area contributed by atoms with E-state index in [-0.39, 0.29) is 5.41 Å². The van der Waals surface area contributed by atoms with E-state index in [4.69, 9.17) is 0 Å². The first kappa shape index (κ1) is 12.2. The lowest BCUT2D eigenvalue weighted by Gasteiger charge is -2.20. The van der Waals surface area contributed by atoms with Gasteiger partial charge in [-0.1, -0.05) is 20.8 Å². The van der Waals surface area contributed by atoms with E-state index < -0.39 is 0 Å². The molecular weight excluding hydrogens is 186 g/mol. The van der Waals surface area contributed by atoms with Crippen molar-refractivity contribution in [1.29, 1.82) is 0 Å². The number of hydrogen-bond acceptors (Lipinski definition) is 2. The van der Waals surface area contributed by atoms with Gasteiger partial charge in [0.05, 0.1) is 5.69 Å². The minimum atomic E-state index is 0.170. The predicted molar refractivity (Wildman–Crippen MR) is 64.3 cm³/mol. The van der Waals surface area contributed by atoms with Crippen LogP contribution in [0.2, 0.25) is 0 Å². The first-order valence-corrected chi connectivity index (χ1v) is 5.55. The van der Waals surface area contributed by atoms with Crippen molar-refractivity contribution in [3.05, 3.63) is 17.2 Å². The van der Waals surface area contributed by atoms with Crippen LogP contribution in [0, 0.1) is 6.92 Å². The van der Waals surface area contributed by atoms with Crippen molar-refractivity contribution < 1.29 is 0 Å². The van der Waals surface area contributed by atoms with Crippen LogP contribution < -0.4 is 5.32 Å². The zero-order chi connectivity index (χ0) is 11.6. The second kappa shape index (κ2) is 4.35. The minimum absolute atomic E-state index is 0.170. The van der Waals surface area contributed by atoms with Crippen LogP contribution in [0.3, 0.4) is 0 Å². The highest BCUT2D eigenvalue weighted by molar-refractivity contribution is 5.23. The third-order valence-corrected chi connectivity index (χ3v) is 2.67. The Bertz CT molecular complexity index is 331. The van der Waals surface area contributed by atoms with Crippen LogP contribution in [0.15, 0.2) is 0 Å². The van der Waals surface area contributed by atoms with Crippen LogP contribution in [-0.4, -0.2) is 23.1 Å². The maximum absolute atomic E-state index is 4.64. The first-order valence-electron chi connectivity index (χ1n) is 5.55. The number of hydrogen-bond donors (Lipinski definition) is 1. The van der Waals surface area contributed by atoms with Crippen molar-refractivity contribution >= 4 is 0 Å². The van der Waals surface area contributed by atoms with Crippen LogP contribution >= 0.6 is 0 Å². The van der Waals surface area contributed by atoms with Crippen LogP contribution in [0.25, 0.3) is 0 Å². The number of aromatic nitrogens is 2. The Morgan fingerprint density at radius 1 is 1.33 bits per heavy atom. The molecule has 15 heavy (non-hydrogen) atoms. The standard InChI is InChI=1S/C12H23N3/c1-9-11(12(2,3)4)15(6)10(14-9)7-8-13-5/h13H,7-8H2,1-6H3. The van der Waals surface area contributed by atoms with E-state index >= 15 is 0 Å². The number of nitrogens with zero attached hydrogens (tertiary/aromatic N) is 2. The molecule has 0 amide bonds. The number of nitrogens with one attached hydrogen (secondary N) is 1. The van der Waals surface area contributed by atoms with E-state index in [1.165, 1.54) is 11.5 Å². The molecule has 0 radical (unpaired) electrons. The molecule has 0 aromatic carbocycles. The van der Waals surface area contributed by atoms with E-state index in [9.17, 15) is 0 Å². The van der Waals surface area contributed by atoms with Gasteiger partial charge in [0, 0.05) is 31.1 Å². The van der Waals surface area contributed by atoms with Crippen LogP contribution in [0.5, 0.6) is 0 Å². The van der Waals surface area contributed by atoms with Gasteiger partial charge in [0.25, 0.3) is 0 Å². The van der Waals surface area contributed by atoms with Gasteiger partial charge in [0.2, 0.25) is 0 Å². The predicted octanol–water partition coefficient (Wildman–Crippen LogP) is 1.79. The van der Waals surface area contributed by atoms with Gasteiger partial charge in [0.1, 0.15) is 5.82 Å². The molecule has 0 unspecified atom stereocenters. The summed E-state index contributed by atoms with van der Waals surface area (Å²) in [6, 6.07) is 0. The lowest BCUT2D eigenvalue weighted by atomic mass is 9.91. The average Bonchev–Trinajstić information content (AvgIpc) is 2.36. The van der Waals surface area contributed by atoms with Gasteiger partial charge in [-0.15, -0.1) is 0 Å². The Labute approximate surface area is 92.9 Å². The summed E-state index contributed by atoms with van der Waals surface area (Å²) in [5.41, 5.74) is 2.67. The molecular formula is C12H23N3. The summed E-state index contributed by atoms with van der Waals surface area (Å²) in [6.45, 7) is 9.79. The maximum atomic E-state index is 4.64. The molecule has 0 atom stereocenters. The van der Waals surface area contributed by atoms with Crippen LogP contribution in [0.1, 0.15) is 38.0 Å². The third kappa shape index (κ3) is 2.59. The highest BCUT2D eigenvalue weighted by atomic mass is 15.1. The molecule has 0 aliphatic carbocycles. The largest absolute Gasteiger partial charge is 0.334 e. The van der Waals surface area contributed by atoms with Gasteiger partial charge in [-0.05, 0) is 14.0 Å². The summed E-state index contributed by atoms with van der Waals surface area (Å²) < 4.78 is 2.24. The molecule has 0 fully saturated rings. The number of rotatable bonds is 3. The smallest absolute Gasteiger partial charge is 0.110 e. The lowest BCUT2D eigenvalue weighted by molar-refractivity contribution is 0.532. The summed E-state index contributed by atoms with van der Waals surface area (Å²) in [5, 5.41) is 3.16. The minimum Gasteiger partial charge on any atom is -0.334 e. The maximum Gasteiger partial charge on any atom is 0.110 e. The molecule has 3 nitrogen and oxygen atoms in total. The second-order valence-corrected chi connectivity index (χ2v) is 5.12. The topological polar surface area (TPSA) is 29.9 Å². The fraction of sp³-hybridized carbons (Fsp3) is 0.750. The second-order valence-electron chi connectivity index (χ2n) is 5.12. The van der Waals surface area contributed by atoms with Gasteiger partial charge < -0.3 is 9.88 Å². The van der Waals surface area contributed by atoms with Gasteiger partial charge >= 0.3 is 0 Å². The van der Waals surface area contributed by atoms with E-state index in [1.807, 2.05) is 7.05 Å². The SMILES string of the molecule is CNCCc1nc(C)c(C(C)(C)C)n1C. The third-order valence-electron chi connectivity index (χ3n) is 2.67. The van der Waals surface area contributed by atoms with Gasteiger partial charge in [0.15, 0.2) is 0 Å². The molecule has 0 aliphatic rings. The van der Waals surface area contributed by atoms with Gasteiger partial charge in [-0.2, -0.15) is 0 Å². The molecule has 0 aliphatic heterocycles. The molecule has 86 valence electrons. The summed E-state index contributed by atoms with van der Waals surface area (Å²) in [5.74, 6) is 1.17. The normalized spacial score (nSPS) is 12.1. The molecule has 1 aromatic heterocycles. The van der Waals surface area contributed by atoms with Crippen molar-refractivity contribution in [2.75, 3.05) is 13.6 Å². The fourth-order valence-corrected chi connectivity index (χ4v) is 2.20. The van der Waals surface area contributed by atoms with Gasteiger partial charge in [-0.3, -0.25) is 0 Å². The average molecular weight is 209 g/mol. The highest BCUT2D eigenvalue weighted by Gasteiger charge is 2.22. The van der Waals surface area contributed by atoms with E-state index in [0.29, 0.717) is 0 Å². The van der Waals surface area contributed by atoms with Crippen molar-refractivity contribution in [2.24, 2.45) is 7.05 Å². The number of aryl methyl sites for hydroxylation is 1. The molecule has 0 saturated heterocycles. The van der Waals surface area contributed by atoms with E-state index in [0.717, 1.165) is 18.7 Å². The Balaban J connectivity index is 3.04. The van der Waals surface area contributed by atoms with E-state index in [2.05, 4.69) is 49.6 Å². The van der Waals surface area contributed by atoms with Crippen molar-refractivity contribution in [2.45, 2.75) is 39.5 Å². The van der Waals surface area contributed by atoms with Crippen molar-refractivity contribution in [3.63, 3.8) is 0 Å². The number of likely N-dealkylation sites (N-methyl/N-ethyl adjacent to an activating group) is 1. The summed E-state index contributed by atoms with van der Waals surface area (Å²) >= 11 is 0. The zero-order valence-corrected chi connectivity index (χ0v) is 10.8. The first-order chi connectivity index (χ1) is 6.88. The molecule has 1 rings (SSSR count). The summed E-state index contributed by atoms with van der Waals surface area (Å²) in [4.78, 5) is 4.64. The van der Waals surface area contributed by atoms with E-state index in [1.54, 1.807) is 0 Å². The molecule has 3 heteroatoms. The Morgan fingerprint density at radius 3 is 2.33 bits per heavy atom. The van der Waals surface area contributed by atoms with Crippen LogP contribution in [-0.2, 0) is 18.9 Å². The zero-order valence-electron chi connectivity index (χ0n) is 10.8. The van der Waals surface area contributed by atoms with Crippen molar-refractivity contribution in [1.82, 2.24) is 14.9 Å².